The number of likely N-dealkylation sites (N-methyl/N-ethyl adjacent to an activating group) is 1. The molecule has 0 bridgehead atoms. The molecule has 0 aromatic carbocycles. The van der Waals surface area contributed by atoms with Gasteiger partial charge in [-0.3, -0.25) is 5.41 Å². The number of hydrogen-bond acceptors (Lipinski definition) is 2. The lowest BCUT2D eigenvalue weighted by molar-refractivity contribution is 0.255. The lowest BCUT2D eigenvalue weighted by Crippen LogP contribution is -2.42. The first-order chi connectivity index (χ1) is 6.69. The van der Waals surface area contributed by atoms with Gasteiger partial charge in [-0.05, 0) is 26.4 Å². The molecule has 0 aromatic rings. The van der Waals surface area contributed by atoms with Crippen LogP contribution in [0.1, 0.15) is 33.6 Å². The molecule has 1 fully saturated rings. The molecule has 1 aliphatic heterocycles. The van der Waals surface area contributed by atoms with Gasteiger partial charge in [0.25, 0.3) is 0 Å². The molecule has 1 heterocycles. The molecule has 1 unspecified atom stereocenters. The van der Waals surface area contributed by atoms with Crippen molar-refractivity contribution in [3.05, 3.63) is 0 Å². The highest BCUT2D eigenvalue weighted by atomic mass is 15.3. The van der Waals surface area contributed by atoms with Gasteiger partial charge in [-0.25, -0.2) is 0 Å². The summed E-state index contributed by atoms with van der Waals surface area (Å²) in [5.74, 6) is 0.801. The molecule has 14 heavy (non-hydrogen) atoms. The van der Waals surface area contributed by atoms with E-state index in [1.165, 1.54) is 13.0 Å². The van der Waals surface area contributed by atoms with E-state index in [1.807, 2.05) is 0 Å². The Balaban J connectivity index is 2.57. The fraction of sp³-hybridized carbons (Fsp3) is 0.909. The molecule has 1 N–H and O–H groups in total. The molecule has 1 rings (SSSR count). The van der Waals surface area contributed by atoms with Crippen LogP contribution in [0.2, 0.25) is 0 Å². The van der Waals surface area contributed by atoms with E-state index in [0.29, 0.717) is 6.04 Å². The summed E-state index contributed by atoms with van der Waals surface area (Å²) < 4.78 is 0. The highest BCUT2D eigenvalue weighted by Crippen LogP contribution is 2.10. The minimum atomic E-state index is 0.505. The summed E-state index contributed by atoms with van der Waals surface area (Å²) >= 11 is 0. The summed E-state index contributed by atoms with van der Waals surface area (Å²) in [7, 11) is 0. The van der Waals surface area contributed by atoms with Crippen molar-refractivity contribution >= 4 is 5.84 Å². The predicted octanol–water partition coefficient (Wildman–Crippen LogP) is 1.79. The normalized spacial score (nSPS) is 24.8. The van der Waals surface area contributed by atoms with Gasteiger partial charge in [0, 0.05) is 25.6 Å². The molecule has 1 aliphatic rings. The fourth-order valence-corrected chi connectivity index (χ4v) is 2.14. The first-order valence-electron chi connectivity index (χ1n) is 5.75. The molecule has 0 amide bonds. The Kier molecular flexibility index (Phi) is 4.39. The van der Waals surface area contributed by atoms with Gasteiger partial charge in [-0.15, -0.1) is 0 Å². The summed E-state index contributed by atoms with van der Waals surface area (Å²) in [4.78, 5) is 4.74. The van der Waals surface area contributed by atoms with Crippen molar-refractivity contribution in [2.45, 2.75) is 39.7 Å². The molecule has 82 valence electrons. The van der Waals surface area contributed by atoms with Crippen LogP contribution in [0, 0.1) is 5.41 Å². The van der Waals surface area contributed by atoms with E-state index < -0.39 is 0 Å². The zero-order valence-electron chi connectivity index (χ0n) is 9.71. The predicted molar refractivity (Wildman–Crippen MR) is 60.9 cm³/mol. The maximum absolute atomic E-state index is 7.89. The Morgan fingerprint density at radius 3 is 2.64 bits per heavy atom. The van der Waals surface area contributed by atoms with E-state index in [9.17, 15) is 0 Å². The maximum atomic E-state index is 7.89. The lowest BCUT2D eigenvalue weighted by atomic mass is 10.2. The zero-order chi connectivity index (χ0) is 10.6. The molecule has 0 saturated carbocycles. The molecular formula is C11H23N3. The van der Waals surface area contributed by atoms with Crippen LogP contribution in [0.4, 0.5) is 0 Å². The van der Waals surface area contributed by atoms with E-state index in [1.54, 1.807) is 0 Å². The van der Waals surface area contributed by atoms with Gasteiger partial charge in [-0.1, -0.05) is 13.8 Å². The third-order valence-electron chi connectivity index (χ3n) is 3.06. The molecule has 3 heteroatoms. The van der Waals surface area contributed by atoms with Crippen molar-refractivity contribution in [3.8, 4) is 0 Å². The fourth-order valence-electron chi connectivity index (χ4n) is 2.14. The number of nitrogens with one attached hydrogen (secondary N) is 1. The van der Waals surface area contributed by atoms with Crippen molar-refractivity contribution in [1.82, 2.24) is 9.80 Å². The highest BCUT2D eigenvalue weighted by Gasteiger charge is 2.21. The van der Waals surface area contributed by atoms with Crippen LogP contribution in [-0.2, 0) is 0 Å². The lowest BCUT2D eigenvalue weighted by Gasteiger charge is -2.30. The van der Waals surface area contributed by atoms with Gasteiger partial charge in [0.1, 0.15) is 0 Å². The average molecular weight is 197 g/mol. The number of rotatable bonds is 2. The van der Waals surface area contributed by atoms with E-state index >= 15 is 0 Å². The quantitative estimate of drug-likeness (QED) is 0.540. The van der Waals surface area contributed by atoms with Crippen molar-refractivity contribution < 1.29 is 0 Å². The molecule has 1 atom stereocenters. The molecule has 0 aromatic heterocycles. The van der Waals surface area contributed by atoms with Crippen LogP contribution in [-0.4, -0.2) is 47.9 Å². The highest BCUT2D eigenvalue weighted by molar-refractivity contribution is 5.79. The summed E-state index contributed by atoms with van der Waals surface area (Å²) in [6, 6.07) is 0.505. The van der Waals surface area contributed by atoms with Gasteiger partial charge >= 0.3 is 0 Å². The number of amidine groups is 1. The van der Waals surface area contributed by atoms with Crippen molar-refractivity contribution in [3.63, 3.8) is 0 Å². The largest absolute Gasteiger partial charge is 0.357 e. The Hall–Kier alpha value is -0.570. The van der Waals surface area contributed by atoms with Gasteiger partial charge in [-0.2, -0.15) is 0 Å². The first-order valence-corrected chi connectivity index (χ1v) is 5.75. The van der Waals surface area contributed by atoms with Crippen LogP contribution in [0.15, 0.2) is 0 Å². The second-order valence-corrected chi connectivity index (χ2v) is 4.09. The topological polar surface area (TPSA) is 30.3 Å². The van der Waals surface area contributed by atoms with Crippen LogP contribution in [0.3, 0.4) is 0 Å². The second-order valence-electron chi connectivity index (χ2n) is 4.09. The van der Waals surface area contributed by atoms with Crippen molar-refractivity contribution in [2.24, 2.45) is 0 Å². The minimum Gasteiger partial charge on any atom is -0.357 e. The van der Waals surface area contributed by atoms with E-state index in [0.717, 1.165) is 31.9 Å². The number of hydrogen-bond donors (Lipinski definition) is 1. The van der Waals surface area contributed by atoms with E-state index in [2.05, 4.69) is 30.6 Å². The van der Waals surface area contributed by atoms with Crippen LogP contribution >= 0.6 is 0 Å². The standard InChI is InChI=1S/C11H23N3/c1-4-11(12)14-8-6-7-13(5-2)9-10(14)3/h10,12H,4-9H2,1-3H3. The SMILES string of the molecule is CCC(=N)N1CCCN(CC)CC1C. The van der Waals surface area contributed by atoms with Gasteiger partial charge in [0.15, 0.2) is 0 Å². The summed E-state index contributed by atoms with van der Waals surface area (Å²) in [6.07, 6.45) is 2.05. The molecule has 0 aliphatic carbocycles. The van der Waals surface area contributed by atoms with Crippen molar-refractivity contribution in [2.75, 3.05) is 26.2 Å². The molecule has 1 saturated heterocycles. The number of nitrogens with zero attached hydrogens (tertiary/aromatic N) is 2. The van der Waals surface area contributed by atoms with E-state index in [4.69, 9.17) is 5.41 Å². The molecule has 0 spiro atoms. The molecule has 3 nitrogen and oxygen atoms in total. The van der Waals surface area contributed by atoms with Gasteiger partial charge in [0.2, 0.25) is 0 Å². The Bertz CT molecular complexity index is 191. The Morgan fingerprint density at radius 1 is 1.36 bits per heavy atom. The summed E-state index contributed by atoms with van der Waals surface area (Å²) in [6.45, 7) is 11.0. The first kappa shape index (κ1) is 11.5. The Morgan fingerprint density at radius 2 is 2.07 bits per heavy atom. The Labute approximate surface area is 87.6 Å². The smallest absolute Gasteiger partial charge is 0.0957 e. The van der Waals surface area contributed by atoms with Crippen LogP contribution in [0.25, 0.3) is 0 Å². The van der Waals surface area contributed by atoms with Gasteiger partial charge in [0.05, 0.1) is 5.84 Å². The average Bonchev–Trinajstić information content (AvgIpc) is 2.38. The summed E-state index contributed by atoms with van der Waals surface area (Å²) in [5.41, 5.74) is 0. The van der Waals surface area contributed by atoms with Crippen LogP contribution < -0.4 is 0 Å². The second kappa shape index (κ2) is 5.35. The third-order valence-corrected chi connectivity index (χ3v) is 3.06. The third kappa shape index (κ3) is 2.71. The maximum Gasteiger partial charge on any atom is 0.0957 e. The minimum absolute atomic E-state index is 0.505. The van der Waals surface area contributed by atoms with Crippen molar-refractivity contribution in [1.29, 1.82) is 5.41 Å². The van der Waals surface area contributed by atoms with Crippen LogP contribution in [0.5, 0.6) is 0 Å². The monoisotopic (exact) mass is 197 g/mol. The zero-order valence-corrected chi connectivity index (χ0v) is 9.71. The molecule has 0 radical (unpaired) electrons. The van der Waals surface area contributed by atoms with E-state index in [-0.39, 0.29) is 0 Å². The summed E-state index contributed by atoms with van der Waals surface area (Å²) in [5, 5.41) is 7.89. The molecular weight excluding hydrogens is 174 g/mol. The van der Waals surface area contributed by atoms with Gasteiger partial charge < -0.3 is 9.80 Å².